The number of hydrogen-bond donors (Lipinski definition) is 1. The van der Waals surface area contributed by atoms with Crippen LogP contribution in [0.1, 0.15) is 11.1 Å². The fourth-order valence-electron chi connectivity index (χ4n) is 0.988. The molecule has 0 aliphatic rings. The lowest BCUT2D eigenvalue weighted by Gasteiger charge is -2.11. The van der Waals surface area contributed by atoms with E-state index in [1.165, 1.54) is 19.2 Å². The highest BCUT2D eigenvalue weighted by Crippen LogP contribution is 2.19. The summed E-state index contributed by atoms with van der Waals surface area (Å²) in [6, 6.07) is 1.49. The number of aromatic nitrogens is 1. The lowest BCUT2D eigenvalue weighted by molar-refractivity contribution is -0.0693. The van der Waals surface area contributed by atoms with Gasteiger partial charge in [0.05, 0.1) is 6.61 Å². The fourth-order valence-corrected chi connectivity index (χ4v) is 0.988. The second-order valence-corrected chi connectivity index (χ2v) is 2.93. The van der Waals surface area contributed by atoms with E-state index in [-0.39, 0.29) is 12.5 Å². The van der Waals surface area contributed by atoms with Gasteiger partial charge in [0.15, 0.2) is 0 Å². The van der Waals surface area contributed by atoms with Crippen molar-refractivity contribution in [3.8, 4) is 5.88 Å². The summed E-state index contributed by atoms with van der Waals surface area (Å²) in [6.45, 7) is 1.31. The van der Waals surface area contributed by atoms with Gasteiger partial charge < -0.3 is 9.84 Å². The maximum absolute atomic E-state index is 12.5. The number of aryl methyl sites for hydroxylation is 1. The predicted octanol–water partition coefficient (Wildman–Crippen LogP) is 1.82. The molecule has 1 aromatic heterocycles. The van der Waals surface area contributed by atoms with E-state index in [4.69, 9.17) is 5.11 Å². The van der Waals surface area contributed by atoms with Crippen LogP contribution in [-0.4, -0.2) is 22.9 Å². The Hall–Kier alpha value is -1.30. The molecular formula is C9H10F3NO2. The quantitative estimate of drug-likeness (QED) is 0.843. The fraction of sp³-hybridized carbons (Fsp3) is 0.444. The zero-order chi connectivity index (χ0) is 11.4. The maximum Gasteiger partial charge on any atom is 0.304 e. The van der Waals surface area contributed by atoms with Gasteiger partial charge in [-0.1, -0.05) is 0 Å². The van der Waals surface area contributed by atoms with E-state index in [2.05, 4.69) is 9.72 Å². The molecule has 0 aliphatic carbocycles. The molecular weight excluding hydrogens is 211 g/mol. The summed E-state index contributed by atoms with van der Waals surface area (Å²) in [5, 5.41) is 8.75. The highest BCUT2D eigenvalue weighted by Gasteiger charge is 2.22. The summed E-state index contributed by atoms with van der Waals surface area (Å²) in [5.41, 5.74) is 0.900. The van der Waals surface area contributed by atoms with Crippen molar-refractivity contribution in [2.24, 2.45) is 0 Å². The van der Waals surface area contributed by atoms with E-state index in [0.717, 1.165) is 0 Å². The largest absolute Gasteiger partial charge is 0.437 e. The number of halogens is 3. The molecule has 0 bridgehead atoms. The molecule has 1 atom stereocenters. The first-order valence-corrected chi connectivity index (χ1v) is 4.20. The molecule has 1 aromatic rings. The first-order valence-electron chi connectivity index (χ1n) is 4.20. The molecule has 1 heterocycles. The van der Waals surface area contributed by atoms with E-state index < -0.39 is 12.8 Å². The Balaban J connectivity index is 2.78. The van der Waals surface area contributed by atoms with E-state index in [1.54, 1.807) is 0 Å². The van der Waals surface area contributed by atoms with Crippen molar-refractivity contribution in [3.63, 3.8) is 0 Å². The minimum Gasteiger partial charge on any atom is -0.437 e. The Kier molecular flexibility index (Phi) is 3.90. The topological polar surface area (TPSA) is 42.4 Å². The van der Waals surface area contributed by atoms with Crippen LogP contribution < -0.4 is 4.74 Å². The lowest BCUT2D eigenvalue weighted by atomic mass is 10.2. The van der Waals surface area contributed by atoms with Crippen LogP contribution in [-0.2, 0) is 6.61 Å². The van der Waals surface area contributed by atoms with Gasteiger partial charge in [0, 0.05) is 11.8 Å². The molecule has 0 radical (unpaired) electrons. The molecule has 84 valence electrons. The Labute approximate surface area is 84.5 Å². The van der Waals surface area contributed by atoms with Gasteiger partial charge in [0.1, 0.15) is 0 Å². The first kappa shape index (κ1) is 11.8. The number of ether oxygens (including phenoxy) is 1. The number of aliphatic hydroxyl groups excluding tert-OH is 1. The Bertz CT molecular complexity index is 333. The van der Waals surface area contributed by atoms with Crippen molar-refractivity contribution in [1.29, 1.82) is 0 Å². The molecule has 0 amide bonds. The lowest BCUT2D eigenvalue weighted by Crippen LogP contribution is -2.20. The summed E-state index contributed by atoms with van der Waals surface area (Å²) < 4.78 is 40.5. The molecule has 0 spiro atoms. The van der Waals surface area contributed by atoms with Crippen LogP contribution in [0, 0.1) is 6.92 Å². The van der Waals surface area contributed by atoms with Gasteiger partial charge in [-0.2, -0.15) is 4.39 Å². The van der Waals surface area contributed by atoms with Crippen LogP contribution in [0.5, 0.6) is 5.88 Å². The highest BCUT2D eigenvalue weighted by atomic mass is 19.3. The standard InChI is InChI=1S/C9H10F3NO2/c1-5-2-6(4-14)3-13-9(5)15-8(12)7(10)11/h2-3,7-8,14H,4H2,1H3. The number of pyridine rings is 1. The minimum atomic E-state index is -3.20. The number of alkyl halides is 3. The Morgan fingerprint density at radius 1 is 1.47 bits per heavy atom. The Morgan fingerprint density at radius 2 is 2.13 bits per heavy atom. The molecule has 0 fully saturated rings. The summed E-state index contributed by atoms with van der Waals surface area (Å²) in [7, 11) is 0. The molecule has 0 saturated carbocycles. The molecule has 1 unspecified atom stereocenters. The van der Waals surface area contributed by atoms with Gasteiger partial charge >= 0.3 is 6.43 Å². The summed E-state index contributed by atoms with van der Waals surface area (Å²) in [6.07, 6.45) is -4.65. The second-order valence-electron chi connectivity index (χ2n) is 2.93. The number of aliphatic hydroxyl groups is 1. The molecule has 6 heteroatoms. The number of hydrogen-bond acceptors (Lipinski definition) is 3. The van der Waals surface area contributed by atoms with Gasteiger partial charge in [-0.05, 0) is 18.6 Å². The SMILES string of the molecule is Cc1cc(CO)cnc1OC(F)C(F)F. The van der Waals surface area contributed by atoms with E-state index in [9.17, 15) is 13.2 Å². The molecule has 0 aliphatic heterocycles. The average molecular weight is 221 g/mol. The third-order valence-corrected chi connectivity index (χ3v) is 1.69. The second kappa shape index (κ2) is 4.97. The molecule has 1 N–H and O–H groups in total. The summed E-state index contributed by atoms with van der Waals surface area (Å²) in [4.78, 5) is 3.62. The predicted molar refractivity (Wildman–Crippen MR) is 46.4 cm³/mol. The van der Waals surface area contributed by atoms with E-state index in [0.29, 0.717) is 11.1 Å². The maximum atomic E-state index is 12.5. The first-order chi connectivity index (χ1) is 7.04. The highest BCUT2D eigenvalue weighted by molar-refractivity contribution is 5.28. The van der Waals surface area contributed by atoms with Crippen molar-refractivity contribution in [2.45, 2.75) is 26.3 Å². The zero-order valence-corrected chi connectivity index (χ0v) is 7.95. The zero-order valence-electron chi connectivity index (χ0n) is 7.95. The molecule has 3 nitrogen and oxygen atoms in total. The van der Waals surface area contributed by atoms with E-state index >= 15 is 0 Å². The number of rotatable bonds is 4. The molecule has 1 rings (SSSR count). The van der Waals surface area contributed by atoms with Crippen LogP contribution >= 0.6 is 0 Å². The van der Waals surface area contributed by atoms with Crippen molar-refractivity contribution in [3.05, 3.63) is 23.4 Å². The third kappa shape index (κ3) is 3.09. The van der Waals surface area contributed by atoms with Gasteiger partial charge in [-0.25, -0.2) is 13.8 Å². The van der Waals surface area contributed by atoms with Crippen LogP contribution in [0.3, 0.4) is 0 Å². The van der Waals surface area contributed by atoms with Crippen LogP contribution in [0.15, 0.2) is 12.3 Å². The molecule has 0 aromatic carbocycles. The van der Waals surface area contributed by atoms with Gasteiger partial charge in [0.2, 0.25) is 5.88 Å². The normalized spacial score (nSPS) is 12.9. The molecule has 0 saturated heterocycles. The minimum absolute atomic E-state index is 0.194. The molecule has 15 heavy (non-hydrogen) atoms. The van der Waals surface area contributed by atoms with Crippen LogP contribution in [0.2, 0.25) is 0 Å². The van der Waals surface area contributed by atoms with Crippen molar-refractivity contribution >= 4 is 0 Å². The average Bonchev–Trinajstić information content (AvgIpc) is 2.20. The summed E-state index contributed by atoms with van der Waals surface area (Å²) in [5.74, 6) is -0.194. The number of nitrogens with zero attached hydrogens (tertiary/aromatic N) is 1. The van der Waals surface area contributed by atoms with Gasteiger partial charge in [-0.15, -0.1) is 0 Å². The summed E-state index contributed by atoms with van der Waals surface area (Å²) >= 11 is 0. The van der Waals surface area contributed by atoms with Gasteiger partial charge in [0.25, 0.3) is 6.36 Å². The van der Waals surface area contributed by atoms with Crippen molar-refractivity contribution in [1.82, 2.24) is 4.98 Å². The van der Waals surface area contributed by atoms with E-state index in [1.807, 2.05) is 0 Å². The van der Waals surface area contributed by atoms with Crippen LogP contribution in [0.4, 0.5) is 13.2 Å². The van der Waals surface area contributed by atoms with Crippen molar-refractivity contribution in [2.75, 3.05) is 0 Å². The van der Waals surface area contributed by atoms with Gasteiger partial charge in [-0.3, -0.25) is 0 Å². The Morgan fingerprint density at radius 3 is 2.60 bits per heavy atom. The smallest absolute Gasteiger partial charge is 0.304 e. The van der Waals surface area contributed by atoms with Crippen molar-refractivity contribution < 1.29 is 23.0 Å². The third-order valence-electron chi connectivity index (χ3n) is 1.69. The van der Waals surface area contributed by atoms with Crippen LogP contribution in [0.25, 0.3) is 0 Å². The monoisotopic (exact) mass is 221 g/mol.